The molecule has 0 bridgehead atoms. The maximum Gasteiger partial charge on any atom is 1.00 e. The summed E-state index contributed by atoms with van der Waals surface area (Å²) in [5, 5.41) is 12.2. The third-order valence-corrected chi connectivity index (χ3v) is 1.78. The van der Waals surface area contributed by atoms with Gasteiger partial charge in [0.2, 0.25) is 0 Å². The van der Waals surface area contributed by atoms with E-state index in [4.69, 9.17) is 11.6 Å². The fourth-order valence-corrected chi connectivity index (χ4v) is 1.09. The van der Waals surface area contributed by atoms with Gasteiger partial charge in [0, 0.05) is 5.02 Å². The van der Waals surface area contributed by atoms with Gasteiger partial charge in [-0.1, -0.05) is 23.7 Å². The van der Waals surface area contributed by atoms with Crippen molar-refractivity contribution >= 4 is 17.5 Å². The third kappa shape index (κ3) is 5.27. The number of benzene rings is 1. The number of hydrogen-bond acceptors (Lipinski definition) is 2. The largest absolute Gasteiger partial charge is 1.00 e. The molecule has 0 radical (unpaired) electrons. The van der Waals surface area contributed by atoms with Gasteiger partial charge >= 0.3 is 18.9 Å². The number of hydrogen-bond donors (Lipinski definition) is 0. The van der Waals surface area contributed by atoms with Crippen molar-refractivity contribution in [2.75, 3.05) is 0 Å². The Balaban J connectivity index is 0.00000196. The molecule has 0 N–H and O–H groups in total. The zero-order valence-corrected chi connectivity index (χ0v) is 10.3. The summed E-state index contributed by atoms with van der Waals surface area (Å²) in [6.07, 6.45) is 0. The van der Waals surface area contributed by atoms with E-state index in [9.17, 15) is 5.11 Å². The van der Waals surface area contributed by atoms with E-state index in [2.05, 4.69) is 4.99 Å². The topological polar surface area (TPSA) is 35.4 Å². The minimum Gasteiger partial charge on any atom is -0.858 e. The van der Waals surface area contributed by atoms with Gasteiger partial charge in [-0.25, -0.2) is 0 Å². The Labute approximate surface area is 108 Å². The van der Waals surface area contributed by atoms with Crippen molar-refractivity contribution in [3.63, 3.8) is 0 Å². The molecule has 0 saturated heterocycles. The molecule has 4 heteroatoms. The first-order valence-electron chi connectivity index (χ1n) is 4.41. The van der Waals surface area contributed by atoms with Crippen LogP contribution in [0.4, 0.5) is 0 Å². The Bertz CT molecular complexity index is 341. The summed E-state index contributed by atoms with van der Waals surface area (Å²) in [5.41, 5.74) is 0.237. The van der Waals surface area contributed by atoms with E-state index in [1.165, 1.54) is 0 Å². The van der Waals surface area contributed by atoms with Gasteiger partial charge in [0.1, 0.15) is 0 Å². The van der Waals surface area contributed by atoms with Crippen molar-refractivity contribution in [1.29, 1.82) is 0 Å². The van der Waals surface area contributed by atoms with Crippen LogP contribution < -0.4 is 24.0 Å². The van der Waals surface area contributed by atoms with Gasteiger partial charge in [-0.15, -0.1) is 0 Å². The Kier molecular flexibility index (Phi) is 5.45. The van der Waals surface area contributed by atoms with Gasteiger partial charge in [-0.3, -0.25) is 4.99 Å². The summed E-state index contributed by atoms with van der Waals surface area (Å²) in [7, 11) is 0. The molecule has 0 aliphatic rings. The number of nitrogens with zero attached hydrogens (tertiary/aromatic N) is 1. The predicted molar refractivity (Wildman–Crippen MR) is 57.7 cm³/mol. The Morgan fingerprint density at radius 1 is 1.20 bits per heavy atom. The minimum absolute atomic E-state index is 0. The molecule has 2 nitrogen and oxygen atoms in total. The van der Waals surface area contributed by atoms with Crippen LogP contribution in [0.2, 0.25) is 5.02 Å². The van der Waals surface area contributed by atoms with Gasteiger partial charge in [-0.2, -0.15) is 0 Å². The normalized spacial score (nSPS) is 12.1. The van der Waals surface area contributed by atoms with E-state index in [1.807, 2.05) is 20.8 Å². The van der Waals surface area contributed by atoms with Gasteiger partial charge in [0.15, 0.2) is 0 Å². The molecule has 0 aliphatic heterocycles. The average molecular weight is 218 g/mol. The molecule has 1 aromatic carbocycles. The summed E-state index contributed by atoms with van der Waals surface area (Å²) in [4.78, 5) is 4.03. The zero-order valence-electron chi connectivity index (χ0n) is 9.54. The Hall–Kier alpha value is -0.423. The predicted octanol–water partition coefficient (Wildman–Crippen LogP) is -0.751. The van der Waals surface area contributed by atoms with Crippen LogP contribution in [-0.2, 0) is 0 Å². The molecular formula is C11H13ClLiNO. The van der Waals surface area contributed by atoms with E-state index in [0.717, 1.165) is 0 Å². The molecule has 1 rings (SSSR count). The first kappa shape index (κ1) is 14.6. The smallest absolute Gasteiger partial charge is 0.858 e. The molecule has 0 amide bonds. The van der Waals surface area contributed by atoms with Crippen LogP contribution >= 0.6 is 11.6 Å². The van der Waals surface area contributed by atoms with Crippen molar-refractivity contribution in [2.24, 2.45) is 4.99 Å². The second kappa shape index (κ2) is 5.60. The second-order valence-corrected chi connectivity index (χ2v) is 4.53. The summed E-state index contributed by atoms with van der Waals surface area (Å²) < 4.78 is 0. The van der Waals surface area contributed by atoms with E-state index in [-0.39, 0.29) is 30.3 Å². The number of rotatable bonds is 1. The van der Waals surface area contributed by atoms with Crippen molar-refractivity contribution < 1.29 is 24.0 Å². The number of aliphatic imine (C=N–C) groups is 1. The van der Waals surface area contributed by atoms with Crippen molar-refractivity contribution in [3.05, 3.63) is 34.9 Å². The Morgan fingerprint density at radius 3 is 2.07 bits per heavy atom. The standard InChI is InChI=1S/C11H14ClNO.Li/c1-11(2,3)13-10(14)8-4-6-9(12)7-5-8;/h4-7H,1-3H3,(H,13,14);/q;+1/p-1. The second-order valence-electron chi connectivity index (χ2n) is 4.09. The fraction of sp³-hybridized carbons (Fsp3) is 0.364. The third-order valence-electron chi connectivity index (χ3n) is 1.53. The number of halogens is 1. The Morgan fingerprint density at radius 2 is 1.67 bits per heavy atom. The molecule has 0 unspecified atom stereocenters. The first-order valence-corrected chi connectivity index (χ1v) is 4.79. The molecule has 0 fully saturated rings. The van der Waals surface area contributed by atoms with Crippen LogP contribution in [0.1, 0.15) is 26.3 Å². The first-order chi connectivity index (χ1) is 6.38. The molecule has 0 atom stereocenters. The van der Waals surface area contributed by atoms with Crippen LogP contribution in [0.15, 0.2) is 29.3 Å². The molecule has 0 spiro atoms. The SMILES string of the molecule is CC(C)(C)N=C([O-])c1ccc(Cl)cc1.[Li+]. The quantitative estimate of drug-likeness (QED) is 0.346. The molecule has 0 aliphatic carbocycles. The van der Waals surface area contributed by atoms with Gasteiger partial charge in [0.25, 0.3) is 0 Å². The molecule has 76 valence electrons. The molecule has 0 aromatic heterocycles. The molecule has 0 heterocycles. The maximum absolute atomic E-state index is 11.6. The average Bonchev–Trinajstić information content (AvgIpc) is 2.02. The molecular weight excluding hydrogens is 205 g/mol. The maximum atomic E-state index is 11.6. The van der Waals surface area contributed by atoms with Crippen molar-refractivity contribution in [2.45, 2.75) is 26.3 Å². The summed E-state index contributed by atoms with van der Waals surface area (Å²) in [6.45, 7) is 5.67. The van der Waals surface area contributed by atoms with E-state index in [1.54, 1.807) is 24.3 Å². The van der Waals surface area contributed by atoms with Gasteiger partial charge in [-0.05, 0) is 44.4 Å². The summed E-state index contributed by atoms with van der Waals surface area (Å²) in [5.74, 6) is -0.200. The zero-order chi connectivity index (χ0) is 10.8. The van der Waals surface area contributed by atoms with Crippen LogP contribution in [0.25, 0.3) is 0 Å². The summed E-state index contributed by atoms with van der Waals surface area (Å²) >= 11 is 5.71. The minimum atomic E-state index is -0.337. The van der Waals surface area contributed by atoms with Crippen molar-refractivity contribution in [1.82, 2.24) is 0 Å². The molecule has 0 saturated carbocycles. The molecule has 1 aromatic rings. The van der Waals surface area contributed by atoms with Crippen LogP contribution in [-0.4, -0.2) is 11.4 Å². The van der Waals surface area contributed by atoms with E-state index < -0.39 is 0 Å². The van der Waals surface area contributed by atoms with Crippen LogP contribution in [0, 0.1) is 0 Å². The van der Waals surface area contributed by atoms with Crippen LogP contribution in [0.5, 0.6) is 0 Å². The summed E-state index contributed by atoms with van der Waals surface area (Å²) in [6, 6.07) is 6.74. The monoisotopic (exact) mass is 217 g/mol. The van der Waals surface area contributed by atoms with E-state index in [0.29, 0.717) is 10.6 Å². The van der Waals surface area contributed by atoms with E-state index >= 15 is 0 Å². The van der Waals surface area contributed by atoms with Gasteiger partial charge in [0.05, 0.1) is 5.54 Å². The van der Waals surface area contributed by atoms with Crippen molar-refractivity contribution in [3.8, 4) is 0 Å². The molecule has 15 heavy (non-hydrogen) atoms. The van der Waals surface area contributed by atoms with Gasteiger partial charge < -0.3 is 5.11 Å². The fourth-order valence-electron chi connectivity index (χ4n) is 0.962. The van der Waals surface area contributed by atoms with Crippen LogP contribution in [0.3, 0.4) is 0 Å².